The molecule has 0 radical (unpaired) electrons. The van der Waals surface area contributed by atoms with Gasteiger partial charge in [0.05, 0.1) is 11.6 Å². The largest absolute Gasteiger partial charge is 0.416 e. The zero-order valence-electron chi connectivity index (χ0n) is 14.3. The smallest absolute Gasteiger partial charge is 0.315 e. The van der Waals surface area contributed by atoms with E-state index in [4.69, 9.17) is 0 Å². The molecule has 6 heteroatoms. The zero-order valence-corrected chi connectivity index (χ0v) is 15.1. The fraction of sp³-hybridized carbons (Fsp3) is 0.474. The molecule has 25 heavy (non-hydrogen) atoms. The SMILES string of the molecule is CCc1ccc(C(c2cccc(C(F)(F)F)c2)N2CCCNCC2)s1. The van der Waals surface area contributed by atoms with Crippen molar-refractivity contribution in [2.45, 2.75) is 32.0 Å². The first-order chi connectivity index (χ1) is 12.0. The fourth-order valence-corrected chi connectivity index (χ4v) is 4.41. The van der Waals surface area contributed by atoms with Gasteiger partial charge < -0.3 is 5.32 Å². The van der Waals surface area contributed by atoms with Gasteiger partial charge in [0.1, 0.15) is 0 Å². The summed E-state index contributed by atoms with van der Waals surface area (Å²) in [6, 6.07) is 9.86. The first-order valence-electron chi connectivity index (χ1n) is 8.69. The molecule has 1 N–H and O–H groups in total. The van der Waals surface area contributed by atoms with Gasteiger partial charge in [0, 0.05) is 29.4 Å². The molecule has 1 unspecified atom stereocenters. The second-order valence-corrected chi connectivity index (χ2v) is 7.52. The number of alkyl halides is 3. The van der Waals surface area contributed by atoms with Crippen molar-refractivity contribution in [3.8, 4) is 0 Å². The Morgan fingerprint density at radius 1 is 1.16 bits per heavy atom. The number of nitrogens with zero attached hydrogens (tertiary/aromatic N) is 1. The van der Waals surface area contributed by atoms with E-state index in [0.717, 1.165) is 55.5 Å². The Labute approximate surface area is 150 Å². The average Bonchev–Trinajstić information content (AvgIpc) is 2.90. The number of thiophene rings is 1. The molecule has 0 bridgehead atoms. The van der Waals surface area contributed by atoms with Gasteiger partial charge in [0.15, 0.2) is 0 Å². The van der Waals surface area contributed by atoms with Crippen LogP contribution in [-0.2, 0) is 12.6 Å². The standard InChI is InChI=1S/C19H23F3N2S/c1-2-16-7-8-17(25-16)18(24-11-4-9-23-10-12-24)14-5-3-6-15(13-14)19(20,21)22/h3,5-8,13,18,23H,2,4,9-12H2,1H3. The molecule has 1 saturated heterocycles. The van der Waals surface area contributed by atoms with E-state index in [1.54, 1.807) is 11.3 Å². The zero-order chi connectivity index (χ0) is 17.9. The minimum Gasteiger partial charge on any atom is -0.315 e. The van der Waals surface area contributed by atoms with Crippen molar-refractivity contribution in [3.63, 3.8) is 0 Å². The fourth-order valence-electron chi connectivity index (χ4n) is 3.30. The van der Waals surface area contributed by atoms with E-state index < -0.39 is 11.7 Å². The number of aryl methyl sites for hydroxylation is 1. The number of halogens is 3. The summed E-state index contributed by atoms with van der Waals surface area (Å²) in [7, 11) is 0. The second-order valence-electron chi connectivity index (χ2n) is 6.32. The maximum absolute atomic E-state index is 13.2. The van der Waals surface area contributed by atoms with Crippen LogP contribution in [0, 0.1) is 0 Å². The Hall–Kier alpha value is -1.37. The van der Waals surface area contributed by atoms with Gasteiger partial charge in [-0.3, -0.25) is 4.90 Å². The molecule has 2 heterocycles. The van der Waals surface area contributed by atoms with E-state index in [1.807, 2.05) is 6.07 Å². The van der Waals surface area contributed by atoms with Crippen LogP contribution in [0.3, 0.4) is 0 Å². The minimum absolute atomic E-state index is 0.118. The molecule has 136 valence electrons. The lowest BCUT2D eigenvalue weighted by molar-refractivity contribution is -0.137. The highest BCUT2D eigenvalue weighted by atomic mass is 32.1. The molecule has 3 rings (SSSR count). The molecule has 1 aromatic carbocycles. The maximum atomic E-state index is 13.2. The van der Waals surface area contributed by atoms with E-state index in [0.29, 0.717) is 0 Å². The molecular formula is C19H23F3N2S. The van der Waals surface area contributed by atoms with E-state index in [1.165, 1.54) is 17.0 Å². The molecule has 0 spiro atoms. The second kappa shape index (κ2) is 7.89. The van der Waals surface area contributed by atoms with Crippen molar-refractivity contribution in [3.05, 3.63) is 57.3 Å². The maximum Gasteiger partial charge on any atom is 0.416 e. The predicted octanol–water partition coefficient (Wildman–Crippen LogP) is 4.71. The lowest BCUT2D eigenvalue weighted by Gasteiger charge is -2.30. The highest BCUT2D eigenvalue weighted by Gasteiger charge is 2.32. The minimum atomic E-state index is -4.31. The van der Waals surface area contributed by atoms with Crippen molar-refractivity contribution >= 4 is 11.3 Å². The van der Waals surface area contributed by atoms with Gasteiger partial charge >= 0.3 is 6.18 Å². The quantitative estimate of drug-likeness (QED) is 0.840. The highest BCUT2D eigenvalue weighted by molar-refractivity contribution is 7.12. The number of benzene rings is 1. The van der Waals surface area contributed by atoms with Gasteiger partial charge in [-0.25, -0.2) is 0 Å². The van der Waals surface area contributed by atoms with Crippen molar-refractivity contribution in [1.82, 2.24) is 10.2 Å². The number of nitrogens with one attached hydrogen (secondary N) is 1. The van der Waals surface area contributed by atoms with Gasteiger partial charge in [-0.1, -0.05) is 19.1 Å². The molecular weight excluding hydrogens is 345 g/mol. The first-order valence-corrected chi connectivity index (χ1v) is 9.51. The summed E-state index contributed by atoms with van der Waals surface area (Å²) >= 11 is 1.71. The molecule has 0 amide bonds. The van der Waals surface area contributed by atoms with Crippen LogP contribution in [0.15, 0.2) is 36.4 Å². The van der Waals surface area contributed by atoms with Gasteiger partial charge in [0.25, 0.3) is 0 Å². The van der Waals surface area contributed by atoms with Crippen LogP contribution in [0.1, 0.15) is 40.3 Å². The third kappa shape index (κ3) is 4.43. The molecule has 0 saturated carbocycles. The lowest BCUT2D eigenvalue weighted by Crippen LogP contribution is -2.32. The Morgan fingerprint density at radius 2 is 2.00 bits per heavy atom. The summed E-state index contributed by atoms with van der Waals surface area (Å²) in [6.07, 6.45) is -2.37. The van der Waals surface area contributed by atoms with Crippen LogP contribution in [0.2, 0.25) is 0 Å². The van der Waals surface area contributed by atoms with E-state index in [9.17, 15) is 13.2 Å². The van der Waals surface area contributed by atoms with Gasteiger partial charge in [0.2, 0.25) is 0 Å². The Morgan fingerprint density at radius 3 is 2.72 bits per heavy atom. The molecule has 1 atom stereocenters. The summed E-state index contributed by atoms with van der Waals surface area (Å²) in [5.41, 5.74) is 0.149. The summed E-state index contributed by atoms with van der Waals surface area (Å²) in [5.74, 6) is 0. The third-order valence-corrected chi connectivity index (χ3v) is 5.85. The molecule has 1 fully saturated rings. The van der Waals surface area contributed by atoms with Crippen LogP contribution in [0.25, 0.3) is 0 Å². The summed E-state index contributed by atoms with van der Waals surface area (Å²) < 4.78 is 39.5. The monoisotopic (exact) mass is 368 g/mol. The summed E-state index contributed by atoms with van der Waals surface area (Å²) in [5, 5.41) is 3.37. The molecule has 1 aliphatic heterocycles. The Balaban J connectivity index is 2.01. The predicted molar refractivity (Wildman–Crippen MR) is 96.0 cm³/mol. The highest BCUT2D eigenvalue weighted by Crippen LogP contribution is 2.37. The summed E-state index contributed by atoms with van der Waals surface area (Å²) in [6.45, 7) is 5.64. The molecule has 2 aromatic rings. The Kier molecular flexibility index (Phi) is 5.81. The van der Waals surface area contributed by atoms with Crippen LogP contribution < -0.4 is 5.32 Å². The normalized spacial score (nSPS) is 18.1. The number of hydrogen-bond donors (Lipinski definition) is 1. The topological polar surface area (TPSA) is 15.3 Å². The van der Waals surface area contributed by atoms with Crippen molar-refractivity contribution in [2.24, 2.45) is 0 Å². The van der Waals surface area contributed by atoms with Crippen LogP contribution in [-0.4, -0.2) is 31.1 Å². The van der Waals surface area contributed by atoms with Crippen LogP contribution in [0.4, 0.5) is 13.2 Å². The summed E-state index contributed by atoms with van der Waals surface area (Å²) in [4.78, 5) is 4.69. The third-order valence-electron chi connectivity index (χ3n) is 4.57. The van der Waals surface area contributed by atoms with E-state index in [-0.39, 0.29) is 6.04 Å². The van der Waals surface area contributed by atoms with Crippen LogP contribution in [0.5, 0.6) is 0 Å². The number of hydrogen-bond acceptors (Lipinski definition) is 3. The van der Waals surface area contributed by atoms with Crippen molar-refractivity contribution in [1.29, 1.82) is 0 Å². The van der Waals surface area contributed by atoms with E-state index >= 15 is 0 Å². The first kappa shape index (κ1) is 18.4. The van der Waals surface area contributed by atoms with Gasteiger partial charge in [-0.2, -0.15) is 13.2 Å². The van der Waals surface area contributed by atoms with E-state index in [2.05, 4.69) is 29.3 Å². The van der Waals surface area contributed by atoms with Gasteiger partial charge in [-0.15, -0.1) is 11.3 Å². The molecule has 1 aliphatic rings. The van der Waals surface area contributed by atoms with Crippen molar-refractivity contribution in [2.75, 3.05) is 26.2 Å². The Bertz CT molecular complexity index is 688. The molecule has 1 aromatic heterocycles. The van der Waals surface area contributed by atoms with Gasteiger partial charge in [-0.05, 0) is 49.2 Å². The number of rotatable bonds is 4. The molecule has 0 aliphatic carbocycles. The molecule has 2 nitrogen and oxygen atoms in total. The van der Waals surface area contributed by atoms with Crippen molar-refractivity contribution < 1.29 is 13.2 Å². The average molecular weight is 368 g/mol. The lowest BCUT2D eigenvalue weighted by atomic mass is 10.0. The van der Waals surface area contributed by atoms with Crippen LogP contribution >= 0.6 is 11.3 Å².